The highest BCUT2D eigenvalue weighted by Crippen LogP contribution is 2.36. The molecule has 1 heterocycles. The molecule has 0 aliphatic rings. The molecule has 4 aromatic carbocycles. The van der Waals surface area contributed by atoms with E-state index in [1.807, 2.05) is 49.6 Å². The molecule has 1 aromatic heterocycles. The van der Waals surface area contributed by atoms with Gasteiger partial charge in [-0.05, 0) is 54.6 Å². The number of hydrogen-bond acceptors (Lipinski definition) is 6. The van der Waals surface area contributed by atoms with E-state index in [0.29, 0.717) is 33.4 Å². The number of rotatable bonds is 9. The highest BCUT2D eigenvalue weighted by Gasteiger charge is 2.22. The lowest BCUT2D eigenvalue weighted by molar-refractivity contribution is -0.115. The van der Waals surface area contributed by atoms with Crippen molar-refractivity contribution in [2.75, 3.05) is 10.6 Å². The number of hydrogen-bond donors (Lipinski definition) is 3. The standard InChI is InChI=1S/C34H27N3O4S2/c1-3-29(32(39)37-33-27(18-35)28(19-42-33)21-15-13-20(2)14-16-21)43-24-10-6-9-23(17-24)36-31(38)25-11-4-7-22-8-5-12-26(30(22)25)34(40)41/h4-17,19,29H,3H2,1-2H3,(H,36,38)(H,37,39)(H,40,41). The minimum Gasteiger partial charge on any atom is -0.478 e. The number of benzene rings is 4. The van der Waals surface area contributed by atoms with Crippen molar-refractivity contribution in [1.29, 1.82) is 5.26 Å². The van der Waals surface area contributed by atoms with E-state index < -0.39 is 17.1 Å². The number of anilines is 2. The minimum absolute atomic E-state index is 0.0561. The molecule has 0 saturated heterocycles. The van der Waals surface area contributed by atoms with E-state index in [4.69, 9.17) is 0 Å². The number of amides is 2. The van der Waals surface area contributed by atoms with E-state index in [1.165, 1.54) is 29.2 Å². The fraction of sp³-hybridized carbons (Fsp3) is 0.118. The van der Waals surface area contributed by atoms with Crippen molar-refractivity contribution < 1.29 is 19.5 Å². The van der Waals surface area contributed by atoms with Gasteiger partial charge in [0.15, 0.2) is 0 Å². The predicted octanol–water partition coefficient (Wildman–Crippen LogP) is 8.21. The van der Waals surface area contributed by atoms with E-state index >= 15 is 0 Å². The number of carboxylic acids is 1. The molecule has 1 atom stereocenters. The van der Waals surface area contributed by atoms with E-state index in [2.05, 4.69) is 16.7 Å². The number of carbonyl (C=O) groups is 3. The lowest BCUT2D eigenvalue weighted by atomic mass is 9.98. The lowest BCUT2D eigenvalue weighted by Crippen LogP contribution is -2.24. The third kappa shape index (κ3) is 6.46. The van der Waals surface area contributed by atoms with Gasteiger partial charge in [0, 0.05) is 32.5 Å². The van der Waals surface area contributed by atoms with Gasteiger partial charge >= 0.3 is 5.97 Å². The Morgan fingerprint density at radius 3 is 2.33 bits per heavy atom. The summed E-state index contributed by atoms with van der Waals surface area (Å²) < 4.78 is 0. The molecule has 7 nitrogen and oxygen atoms in total. The largest absolute Gasteiger partial charge is 0.478 e. The first kappa shape index (κ1) is 29.6. The molecule has 3 N–H and O–H groups in total. The SMILES string of the molecule is CCC(Sc1cccc(NC(=O)c2cccc3cccc(C(=O)O)c23)c1)C(=O)Nc1scc(-c2ccc(C)cc2)c1C#N. The second-order valence-corrected chi connectivity index (χ2v) is 12.0. The molecular weight excluding hydrogens is 579 g/mol. The summed E-state index contributed by atoms with van der Waals surface area (Å²) >= 11 is 2.69. The molecule has 0 radical (unpaired) electrons. The highest BCUT2D eigenvalue weighted by molar-refractivity contribution is 8.00. The Balaban J connectivity index is 1.31. The number of aryl methyl sites for hydroxylation is 1. The number of thioether (sulfide) groups is 1. The van der Waals surface area contributed by atoms with Crippen molar-refractivity contribution in [1.82, 2.24) is 0 Å². The molecule has 43 heavy (non-hydrogen) atoms. The normalized spacial score (nSPS) is 11.5. The quantitative estimate of drug-likeness (QED) is 0.146. The van der Waals surface area contributed by atoms with Crippen LogP contribution in [0.3, 0.4) is 0 Å². The zero-order valence-corrected chi connectivity index (χ0v) is 25.0. The van der Waals surface area contributed by atoms with Gasteiger partial charge in [-0.25, -0.2) is 4.79 Å². The van der Waals surface area contributed by atoms with Crippen molar-refractivity contribution in [3.8, 4) is 17.2 Å². The molecule has 2 amide bonds. The molecular formula is C34H27N3O4S2. The summed E-state index contributed by atoms with van der Waals surface area (Å²) in [5.74, 6) is -1.76. The van der Waals surface area contributed by atoms with E-state index in [-0.39, 0.29) is 17.0 Å². The van der Waals surface area contributed by atoms with E-state index in [9.17, 15) is 24.8 Å². The smallest absolute Gasteiger partial charge is 0.336 e. The summed E-state index contributed by atoms with van der Waals surface area (Å²) in [5.41, 5.74) is 4.09. The van der Waals surface area contributed by atoms with Crippen LogP contribution in [0.2, 0.25) is 0 Å². The van der Waals surface area contributed by atoms with Crippen LogP contribution in [0.1, 0.15) is 45.2 Å². The summed E-state index contributed by atoms with van der Waals surface area (Å²) in [4.78, 5) is 39.2. The molecule has 0 aliphatic carbocycles. The average Bonchev–Trinajstić information content (AvgIpc) is 3.41. The molecule has 0 bridgehead atoms. The molecule has 0 saturated carbocycles. The maximum Gasteiger partial charge on any atom is 0.336 e. The van der Waals surface area contributed by atoms with Crippen LogP contribution in [-0.4, -0.2) is 28.1 Å². The summed E-state index contributed by atoms with van der Waals surface area (Å²) in [5, 5.41) is 28.3. The van der Waals surface area contributed by atoms with Gasteiger partial charge in [-0.1, -0.05) is 67.1 Å². The molecule has 0 fully saturated rings. The monoisotopic (exact) mass is 605 g/mol. The van der Waals surface area contributed by atoms with Gasteiger partial charge in [0.25, 0.3) is 5.91 Å². The Labute approximate surface area is 257 Å². The lowest BCUT2D eigenvalue weighted by Gasteiger charge is -2.15. The van der Waals surface area contributed by atoms with Crippen LogP contribution in [0.25, 0.3) is 21.9 Å². The second kappa shape index (κ2) is 12.9. The zero-order chi connectivity index (χ0) is 30.5. The van der Waals surface area contributed by atoms with Crippen LogP contribution < -0.4 is 10.6 Å². The first-order valence-corrected chi connectivity index (χ1v) is 15.3. The predicted molar refractivity (Wildman–Crippen MR) is 173 cm³/mol. The number of nitrogens with one attached hydrogen (secondary N) is 2. The fourth-order valence-electron chi connectivity index (χ4n) is 4.74. The molecule has 0 aliphatic heterocycles. The van der Waals surface area contributed by atoms with Gasteiger partial charge < -0.3 is 15.7 Å². The van der Waals surface area contributed by atoms with Gasteiger partial charge in [0.1, 0.15) is 11.1 Å². The molecule has 214 valence electrons. The Bertz CT molecular complexity index is 1890. The summed E-state index contributed by atoms with van der Waals surface area (Å²) in [6, 6.07) is 27.3. The first-order valence-electron chi connectivity index (χ1n) is 13.5. The summed E-state index contributed by atoms with van der Waals surface area (Å²) in [6.07, 6.45) is 0.541. The molecule has 0 spiro atoms. The zero-order valence-electron chi connectivity index (χ0n) is 23.4. The van der Waals surface area contributed by atoms with Crippen LogP contribution in [0.4, 0.5) is 10.7 Å². The van der Waals surface area contributed by atoms with Gasteiger partial charge in [0.2, 0.25) is 5.91 Å². The van der Waals surface area contributed by atoms with Crippen LogP contribution >= 0.6 is 23.1 Å². The van der Waals surface area contributed by atoms with Crippen molar-refractivity contribution in [3.05, 3.63) is 113 Å². The highest BCUT2D eigenvalue weighted by atomic mass is 32.2. The van der Waals surface area contributed by atoms with Crippen LogP contribution in [0, 0.1) is 18.3 Å². The van der Waals surface area contributed by atoms with Crippen LogP contribution in [0.5, 0.6) is 0 Å². The maximum atomic E-state index is 13.3. The molecule has 5 rings (SSSR count). The topological polar surface area (TPSA) is 119 Å². The molecule has 1 unspecified atom stereocenters. The number of aromatic carboxylic acids is 1. The number of nitriles is 1. The Kier molecular flexibility index (Phi) is 8.90. The van der Waals surface area contributed by atoms with Crippen LogP contribution in [0.15, 0.2) is 95.2 Å². The van der Waals surface area contributed by atoms with Gasteiger partial charge in [-0.15, -0.1) is 23.1 Å². The summed E-state index contributed by atoms with van der Waals surface area (Å²) in [7, 11) is 0. The minimum atomic E-state index is -1.11. The van der Waals surface area contributed by atoms with E-state index in [1.54, 1.807) is 48.5 Å². The molecule has 5 aromatic rings. The van der Waals surface area contributed by atoms with Gasteiger partial charge in [0.05, 0.1) is 16.4 Å². The Hall–Kier alpha value is -4.91. The molecule has 9 heteroatoms. The van der Waals surface area contributed by atoms with Crippen molar-refractivity contribution in [2.24, 2.45) is 0 Å². The fourth-order valence-corrected chi connectivity index (χ4v) is 6.68. The summed E-state index contributed by atoms with van der Waals surface area (Å²) in [6.45, 7) is 3.92. The number of fused-ring (bicyclic) bond motifs is 1. The third-order valence-electron chi connectivity index (χ3n) is 6.92. The van der Waals surface area contributed by atoms with Crippen LogP contribution in [-0.2, 0) is 4.79 Å². The average molecular weight is 606 g/mol. The van der Waals surface area contributed by atoms with E-state index in [0.717, 1.165) is 21.6 Å². The van der Waals surface area contributed by atoms with Crippen molar-refractivity contribution in [3.63, 3.8) is 0 Å². The third-order valence-corrected chi connectivity index (χ3v) is 9.17. The number of carboxylic acid groups (broad SMARTS) is 1. The van der Waals surface area contributed by atoms with Crippen molar-refractivity contribution >= 4 is 62.3 Å². The second-order valence-electron chi connectivity index (χ2n) is 9.83. The number of thiophene rings is 1. The Morgan fingerprint density at radius 2 is 1.65 bits per heavy atom. The maximum absolute atomic E-state index is 13.3. The van der Waals surface area contributed by atoms with Gasteiger partial charge in [-0.3, -0.25) is 9.59 Å². The first-order chi connectivity index (χ1) is 20.8. The number of carbonyl (C=O) groups excluding carboxylic acids is 2. The Morgan fingerprint density at radius 1 is 0.953 bits per heavy atom. The van der Waals surface area contributed by atoms with Gasteiger partial charge in [-0.2, -0.15) is 5.26 Å². The number of nitrogens with zero attached hydrogens (tertiary/aromatic N) is 1. The van der Waals surface area contributed by atoms with Crippen molar-refractivity contribution in [2.45, 2.75) is 30.4 Å².